The van der Waals surface area contributed by atoms with Gasteiger partial charge in [0.2, 0.25) is 0 Å². The van der Waals surface area contributed by atoms with Gasteiger partial charge < -0.3 is 10.1 Å². The highest BCUT2D eigenvalue weighted by atomic mass is 32.2. The standard InChI is InChI=1S/C19H21NO4S/c21-19(14-24-16-6-2-1-3-7-16)20-15-10-12-18(13-11-15)25(22,23)17-8-4-5-9-17/h1-3,6-7,10-13,17H,4-5,8-9,14H2,(H,20,21). The minimum Gasteiger partial charge on any atom is -0.484 e. The summed E-state index contributed by atoms with van der Waals surface area (Å²) in [6.45, 7) is -0.105. The third-order valence-electron chi connectivity index (χ3n) is 4.32. The van der Waals surface area contributed by atoms with Gasteiger partial charge in [0.05, 0.1) is 10.1 Å². The van der Waals surface area contributed by atoms with Gasteiger partial charge in [-0.1, -0.05) is 31.0 Å². The fourth-order valence-corrected chi connectivity index (χ4v) is 4.84. The van der Waals surface area contributed by atoms with Gasteiger partial charge in [0.1, 0.15) is 5.75 Å². The van der Waals surface area contributed by atoms with Crippen molar-refractivity contribution in [3.05, 3.63) is 54.6 Å². The average molecular weight is 359 g/mol. The quantitative estimate of drug-likeness (QED) is 0.858. The van der Waals surface area contributed by atoms with Gasteiger partial charge in [-0.2, -0.15) is 0 Å². The van der Waals surface area contributed by atoms with Gasteiger partial charge in [-0.15, -0.1) is 0 Å². The number of nitrogens with one attached hydrogen (secondary N) is 1. The van der Waals surface area contributed by atoms with E-state index in [2.05, 4.69) is 5.32 Å². The number of benzene rings is 2. The molecule has 3 rings (SSSR count). The Bertz CT molecular complexity index is 810. The molecule has 0 aliphatic heterocycles. The van der Waals surface area contributed by atoms with Crippen LogP contribution in [0, 0.1) is 0 Å². The maximum Gasteiger partial charge on any atom is 0.262 e. The molecule has 25 heavy (non-hydrogen) atoms. The predicted octanol–water partition coefficient (Wildman–Crippen LogP) is 3.42. The fourth-order valence-electron chi connectivity index (χ4n) is 2.98. The van der Waals surface area contributed by atoms with Gasteiger partial charge in [-0.25, -0.2) is 8.42 Å². The molecular weight excluding hydrogens is 338 g/mol. The Labute approximate surface area is 147 Å². The normalized spacial score (nSPS) is 15.0. The summed E-state index contributed by atoms with van der Waals surface area (Å²) in [4.78, 5) is 12.2. The van der Waals surface area contributed by atoms with Crippen LogP contribution in [0.25, 0.3) is 0 Å². The van der Waals surface area contributed by atoms with Crippen LogP contribution < -0.4 is 10.1 Å². The van der Waals surface area contributed by atoms with Crippen molar-refractivity contribution in [1.29, 1.82) is 0 Å². The molecule has 0 aromatic heterocycles. The van der Waals surface area contributed by atoms with E-state index in [1.165, 1.54) is 0 Å². The molecular formula is C19H21NO4S. The maximum absolute atomic E-state index is 12.5. The van der Waals surface area contributed by atoms with Crippen LogP contribution in [-0.2, 0) is 14.6 Å². The van der Waals surface area contributed by atoms with Crippen LogP contribution in [0.2, 0.25) is 0 Å². The second-order valence-electron chi connectivity index (χ2n) is 6.13. The first-order chi connectivity index (χ1) is 12.1. The number of anilines is 1. The van der Waals surface area contributed by atoms with E-state index in [1.54, 1.807) is 36.4 Å². The average Bonchev–Trinajstić information content (AvgIpc) is 3.17. The van der Waals surface area contributed by atoms with Crippen molar-refractivity contribution in [2.45, 2.75) is 35.8 Å². The van der Waals surface area contributed by atoms with Crippen molar-refractivity contribution in [1.82, 2.24) is 0 Å². The Balaban J connectivity index is 1.58. The first kappa shape index (κ1) is 17.5. The molecule has 0 bridgehead atoms. The molecule has 1 fully saturated rings. The molecule has 1 aliphatic rings. The Morgan fingerprint density at radius 1 is 1.00 bits per heavy atom. The van der Waals surface area contributed by atoms with Crippen LogP contribution in [0.4, 0.5) is 5.69 Å². The van der Waals surface area contributed by atoms with E-state index in [1.807, 2.05) is 18.2 Å². The third kappa shape index (κ3) is 4.39. The molecule has 132 valence electrons. The van der Waals surface area contributed by atoms with E-state index in [9.17, 15) is 13.2 Å². The van der Waals surface area contributed by atoms with Crippen molar-refractivity contribution in [3.63, 3.8) is 0 Å². The first-order valence-corrected chi connectivity index (χ1v) is 9.92. The SMILES string of the molecule is O=C(COc1ccccc1)Nc1ccc(S(=O)(=O)C2CCCC2)cc1. The number of hydrogen-bond acceptors (Lipinski definition) is 4. The van der Waals surface area contributed by atoms with Crippen molar-refractivity contribution in [2.75, 3.05) is 11.9 Å². The first-order valence-electron chi connectivity index (χ1n) is 8.37. The number of amides is 1. The molecule has 0 saturated heterocycles. The summed E-state index contributed by atoms with van der Waals surface area (Å²) in [6.07, 6.45) is 3.41. The molecule has 1 saturated carbocycles. The predicted molar refractivity (Wildman–Crippen MR) is 96.5 cm³/mol. The molecule has 0 heterocycles. The number of sulfone groups is 1. The lowest BCUT2D eigenvalue weighted by Crippen LogP contribution is -2.20. The second kappa shape index (κ2) is 7.70. The third-order valence-corrected chi connectivity index (χ3v) is 6.60. The summed E-state index contributed by atoms with van der Waals surface area (Å²) in [5, 5.41) is 2.43. The molecule has 0 atom stereocenters. The summed E-state index contributed by atoms with van der Waals surface area (Å²) in [7, 11) is -3.27. The number of carbonyl (C=O) groups excluding carboxylic acids is 1. The van der Waals surface area contributed by atoms with Crippen LogP contribution >= 0.6 is 0 Å². The molecule has 1 aliphatic carbocycles. The van der Waals surface area contributed by atoms with Crippen molar-refractivity contribution >= 4 is 21.4 Å². The van der Waals surface area contributed by atoms with Crippen molar-refractivity contribution < 1.29 is 17.9 Å². The van der Waals surface area contributed by atoms with Gasteiger partial charge >= 0.3 is 0 Å². The van der Waals surface area contributed by atoms with Gasteiger partial charge in [0, 0.05) is 5.69 Å². The summed E-state index contributed by atoms with van der Waals surface area (Å²) in [6, 6.07) is 15.4. The highest BCUT2D eigenvalue weighted by Crippen LogP contribution is 2.30. The molecule has 0 spiro atoms. The zero-order chi connectivity index (χ0) is 17.7. The van der Waals surface area contributed by atoms with Gasteiger partial charge in [0.25, 0.3) is 5.91 Å². The fraction of sp³-hybridized carbons (Fsp3) is 0.316. The number of carbonyl (C=O) groups is 1. The molecule has 2 aromatic carbocycles. The molecule has 0 unspecified atom stereocenters. The van der Waals surface area contributed by atoms with E-state index in [4.69, 9.17) is 4.74 Å². The Kier molecular flexibility index (Phi) is 5.38. The van der Waals surface area contributed by atoms with Crippen molar-refractivity contribution in [2.24, 2.45) is 0 Å². The van der Waals surface area contributed by atoms with E-state index in [0.717, 1.165) is 25.7 Å². The van der Waals surface area contributed by atoms with Crippen LogP contribution in [0.15, 0.2) is 59.5 Å². The minimum absolute atomic E-state index is 0.105. The van der Waals surface area contributed by atoms with Gasteiger partial charge in [-0.05, 0) is 49.2 Å². The lowest BCUT2D eigenvalue weighted by molar-refractivity contribution is -0.118. The highest BCUT2D eigenvalue weighted by Gasteiger charge is 2.30. The molecule has 1 N–H and O–H groups in total. The number of rotatable bonds is 6. The van der Waals surface area contributed by atoms with Crippen LogP contribution in [0.1, 0.15) is 25.7 Å². The lowest BCUT2D eigenvalue weighted by atomic mass is 10.3. The van der Waals surface area contributed by atoms with E-state index < -0.39 is 9.84 Å². The van der Waals surface area contributed by atoms with E-state index in [-0.39, 0.29) is 17.8 Å². The van der Waals surface area contributed by atoms with Crippen LogP contribution in [-0.4, -0.2) is 26.2 Å². The van der Waals surface area contributed by atoms with E-state index >= 15 is 0 Å². The monoisotopic (exact) mass is 359 g/mol. The number of ether oxygens (including phenoxy) is 1. The van der Waals surface area contributed by atoms with Crippen LogP contribution in [0.3, 0.4) is 0 Å². The molecule has 0 radical (unpaired) electrons. The zero-order valence-electron chi connectivity index (χ0n) is 13.9. The number of para-hydroxylation sites is 1. The summed E-state index contributed by atoms with van der Waals surface area (Å²) >= 11 is 0. The lowest BCUT2D eigenvalue weighted by Gasteiger charge is -2.12. The molecule has 2 aromatic rings. The molecule has 6 heteroatoms. The van der Waals surface area contributed by atoms with E-state index in [0.29, 0.717) is 16.3 Å². The zero-order valence-corrected chi connectivity index (χ0v) is 14.7. The topological polar surface area (TPSA) is 72.5 Å². The Morgan fingerprint density at radius 3 is 2.28 bits per heavy atom. The van der Waals surface area contributed by atoms with Crippen LogP contribution in [0.5, 0.6) is 5.75 Å². The Morgan fingerprint density at radius 2 is 1.64 bits per heavy atom. The smallest absolute Gasteiger partial charge is 0.262 e. The van der Waals surface area contributed by atoms with Gasteiger partial charge in [-0.3, -0.25) is 4.79 Å². The summed E-state index contributed by atoms with van der Waals surface area (Å²) < 4.78 is 30.4. The largest absolute Gasteiger partial charge is 0.484 e. The minimum atomic E-state index is -3.27. The summed E-state index contributed by atoms with van der Waals surface area (Å²) in [5.41, 5.74) is 0.548. The van der Waals surface area contributed by atoms with Gasteiger partial charge in [0.15, 0.2) is 16.4 Å². The molecule has 1 amide bonds. The second-order valence-corrected chi connectivity index (χ2v) is 8.35. The molecule has 5 nitrogen and oxygen atoms in total. The van der Waals surface area contributed by atoms with Crippen molar-refractivity contribution in [3.8, 4) is 5.75 Å². The summed E-state index contributed by atoms with van der Waals surface area (Å²) in [5.74, 6) is 0.325. The number of hydrogen-bond donors (Lipinski definition) is 1. The Hall–Kier alpha value is -2.34. The highest BCUT2D eigenvalue weighted by molar-refractivity contribution is 7.92. The maximum atomic E-state index is 12.5.